The monoisotopic (exact) mass is 379 g/mol. The molecule has 0 aromatic rings. The van der Waals surface area contributed by atoms with Gasteiger partial charge in [-0.2, -0.15) is 5.26 Å². The van der Waals surface area contributed by atoms with E-state index in [0.717, 1.165) is 31.4 Å². The second-order valence-electron chi connectivity index (χ2n) is 6.02. The van der Waals surface area contributed by atoms with Crippen molar-refractivity contribution in [3.8, 4) is 30.8 Å². The number of carbonyl (C=O) groups is 1. The molecule has 0 fully saturated rings. The lowest BCUT2D eigenvalue weighted by atomic mass is 10.1. The van der Waals surface area contributed by atoms with Gasteiger partial charge in [0.15, 0.2) is 0 Å². The Kier molecular flexibility index (Phi) is 14.2. The Bertz CT molecular complexity index is 746. The van der Waals surface area contributed by atoms with Gasteiger partial charge in [0.25, 0.3) is 0 Å². The van der Waals surface area contributed by atoms with Gasteiger partial charge in [0.1, 0.15) is 0 Å². The molecular formula is C24H29NO3. The van der Waals surface area contributed by atoms with Crippen molar-refractivity contribution in [2.45, 2.75) is 52.9 Å². The van der Waals surface area contributed by atoms with Crippen LogP contribution < -0.4 is 0 Å². The minimum absolute atomic E-state index is 0.150. The van der Waals surface area contributed by atoms with E-state index in [1.54, 1.807) is 38.2 Å². The topological polar surface area (TPSA) is 59.3 Å². The lowest BCUT2D eigenvalue weighted by molar-refractivity contribution is -0.143. The molecule has 0 spiro atoms. The van der Waals surface area contributed by atoms with E-state index in [2.05, 4.69) is 11.8 Å². The average molecular weight is 380 g/mol. The SMILES string of the molecule is C#CC(=C\C=C(/C)C#N)/C(C#C)=C/C=C(\C)OCCCCCCOC(=O)CC. The van der Waals surface area contributed by atoms with E-state index in [4.69, 9.17) is 27.6 Å². The predicted octanol–water partition coefficient (Wildman–Crippen LogP) is 5.01. The molecule has 0 aromatic carbocycles. The number of terminal acetylenes is 2. The number of carbonyl (C=O) groups excluding carboxylic acids is 1. The molecule has 4 nitrogen and oxygen atoms in total. The van der Waals surface area contributed by atoms with Crippen LogP contribution in [0.2, 0.25) is 0 Å². The fourth-order valence-corrected chi connectivity index (χ4v) is 2.00. The van der Waals surface area contributed by atoms with Crippen LogP contribution in [0.25, 0.3) is 0 Å². The van der Waals surface area contributed by atoms with Gasteiger partial charge in [-0.1, -0.05) is 18.8 Å². The van der Waals surface area contributed by atoms with E-state index >= 15 is 0 Å². The molecule has 0 aliphatic rings. The summed E-state index contributed by atoms with van der Waals surface area (Å²) in [4.78, 5) is 11.0. The average Bonchev–Trinajstić information content (AvgIpc) is 2.71. The summed E-state index contributed by atoms with van der Waals surface area (Å²) in [6.45, 7) is 6.43. The lowest BCUT2D eigenvalue weighted by Gasteiger charge is -2.06. The van der Waals surface area contributed by atoms with Crippen molar-refractivity contribution >= 4 is 5.97 Å². The van der Waals surface area contributed by atoms with Gasteiger partial charge in [0.2, 0.25) is 0 Å². The summed E-state index contributed by atoms with van der Waals surface area (Å²) >= 11 is 0. The van der Waals surface area contributed by atoms with Gasteiger partial charge in [0.05, 0.1) is 25.0 Å². The van der Waals surface area contributed by atoms with Gasteiger partial charge in [0, 0.05) is 23.1 Å². The van der Waals surface area contributed by atoms with E-state index in [1.807, 2.05) is 13.0 Å². The van der Waals surface area contributed by atoms with E-state index in [1.165, 1.54) is 0 Å². The number of nitriles is 1. The van der Waals surface area contributed by atoms with Gasteiger partial charge in [-0.15, -0.1) is 12.8 Å². The van der Waals surface area contributed by atoms with Crippen LogP contribution >= 0.6 is 0 Å². The van der Waals surface area contributed by atoms with Gasteiger partial charge in [-0.25, -0.2) is 0 Å². The summed E-state index contributed by atoms with van der Waals surface area (Å²) in [6, 6.07) is 2.03. The van der Waals surface area contributed by atoms with E-state index < -0.39 is 0 Å². The Morgan fingerprint density at radius 3 is 1.93 bits per heavy atom. The summed E-state index contributed by atoms with van der Waals surface area (Å²) in [6.07, 6.45) is 22.1. The molecule has 0 aromatic heterocycles. The summed E-state index contributed by atoms with van der Waals surface area (Å²) in [7, 11) is 0. The number of esters is 1. The maximum absolute atomic E-state index is 11.0. The third-order valence-electron chi connectivity index (χ3n) is 3.68. The normalized spacial score (nSPS) is 12.6. The minimum Gasteiger partial charge on any atom is -0.498 e. The number of ether oxygens (including phenoxy) is 2. The second-order valence-corrected chi connectivity index (χ2v) is 6.02. The summed E-state index contributed by atoms with van der Waals surface area (Å²) in [5.41, 5.74) is 1.63. The molecule has 4 heteroatoms. The van der Waals surface area contributed by atoms with Gasteiger partial charge < -0.3 is 9.47 Å². The maximum Gasteiger partial charge on any atom is 0.305 e. The number of unbranched alkanes of at least 4 members (excludes halogenated alkanes) is 3. The molecule has 0 N–H and O–H groups in total. The molecule has 0 atom stereocenters. The number of rotatable bonds is 12. The van der Waals surface area contributed by atoms with Crippen LogP contribution in [0.1, 0.15) is 52.9 Å². The molecular weight excluding hydrogens is 350 g/mol. The highest BCUT2D eigenvalue weighted by Gasteiger charge is 1.99. The van der Waals surface area contributed by atoms with E-state index in [9.17, 15) is 4.79 Å². The summed E-state index contributed by atoms with van der Waals surface area (Å²) < 4.78 is 10.7. The number of allylic oxidation sites excluding steroid dienone is 8. The first-order valence-electron chi connectivity index (χ1n) is 9.37. The number of nitrogens with zero attached hydrogens (tertiary/aromatic N) is 1. The second kappa shape index (κ2) is 16.0. The molecule has 0 heterocycles. The van der Waals surface area contributed by atoms with Crippen molar-refractivity contribution in [3.05, 3.63) is 46.8 Å². The Morgan fingerprint density at radius 2 is 1.43 bits per heavy atom. The molecule has 148 valence electrons. The largest absolute Gasteiger partial charge is 0.498 e. The summed E-state index contributed by atoms with van der Waals surface area (Å²) in [5.74, 6) is 5.69. The smallest absolute Gasteiger partial charge is 0.305 e. The highest BCUT2D eigenvalue weighted by atomic mass is 16.5. The standard InChI is InChI=1S/C24H29NO3/c1-6-22(15-13-20(4)19-25)23(7-2)16-14-21(5)27-17-11-9-10-12-18-28-24(26)8-3/h1-2,13-16H,8-12,17-18H2,3-5H3/b20-13+,21-14+,22-15+,23-16+. The zero-order valence-electron chi connectivity index (χ0n) is 17.1. The van der Waals surface area contributed by atoms with Crippen LogP contribution in [0.5, 0.6) is 0 Å². The molecule has 0 saturated carbocycles. The third-order valence-corrected chi connectivity index (χ3v) is 3.68. The fourth-order valence-electron chi connectivity index (χ4n) is 2.00. The van der Waals surface area contributed by atoms with E-state index in [0.29, 0.717) is 36.4 Å². The first kappa shape index (κ1) is 24.8. The Morgan fingerprint density at radius 1 is 0.893 bits per heavy atom. The van der Waals surface area contributed by atoms with Gasteiger partial charge in [-0.05, 0) is 63.8 Å². The zero-order chi connectivity index (χ0) is 21.2. The lowest BCUT2D eigenvalue weighted by Crippen LogP contribution is -2.03. The van der Waals surface area contributed by atoms with Crippen LogP contribution in [0.3, 0.4) is 0 Å². The molecule has 0 aliphatic heterocycles. The van der Waals surface area contributed by atoms with Gasteiger partial charge >= 0.3 is 5.97 Å². The highest BCUT2D eigenvalue weighted by molar-refractivity contribution is 5.68. The molecule has 0 unspecified atom stereocenters. The fraction of sp³-hybridized carbons (Fsp3) is 0.417. The van der Waals surface area contributed by atoms with Crippen LogP contribution in [0, 0.1) is 36.0 Å². The Hall–Kier alpha value is -3.16. The highest BCUT2D eigenvalue weighted by Crippen LogP contribution is 2.11. The molecule has 28 heavy (non-hydrogen) atoms. The van der Waals surface area contributed by atoms with Crippen molar-refractivity contribution in [3.63, 3.8) is 0 Å². The van der Waals surface area contributed by atoms with Crippen LogP contribution in [-0.4, -0.2) is 19.2 Å². The Balaban J connectivity index is 4.40. The Labute approximate surface area is 169 Å². The minimum atomic E-state index is -0.150. The van der Waals surface area contributed by atoms with Crippen molar-refractivity contribution < 1.29 is 14.3 Å². The quantitative estimate of drug-likeness (QED) is 0.119. The van der Waals surface area contributed by atoms with Gasteiger partial charge in [-0.3, -0.25) is 4.79 Å². The first-order valence-corrected chi connectivity index (χ1v) is 9.37. The van der Waals surface area contributed by atoms with Crippen molar-refractivity contribution in [2.75, 3.05) is 13.2 Å². The van der Waals surface area contributed by atoms with Crippen LogP contribution in [0.15, 0.2) is 46.8 Å². The third kappa shape index (κ3) is 12.2. The molecule has 0 saturated heterocycles. The van der Waals surface area contributed by atoms with Crippen LogP contribution in [0.4, 0.5) is 0 Å². The molecule has 0 amide bonds. The van der Waals surface area contributed by atoms with Crippen molar-refractivity contribution in [2.24, 2.45) is 0 Å². The molecule has 0 rings (SSSR count). The number of hydrogen-bond donors (Lipinski definition) is 0. The van der Waals surface area contributed by atoms with Crippen molar-refractivity contribution in [1.82, 2.24) is 0 Å². The predicted molar refractivity (Wildman–Crippen MR) is 113 cm³/mol. The molecule has 0 aliphatic carbocycles. The maximum atomic E-state index is 11.0. The molecule has 0 radical (unpaired) electrons. The zero-order valence-corrected chi connectivity index (χ0v) is 17.1. The molecule has 0 bridgehead atoms. The summed E-state index contributed by atoms with van der Waals surface area (Å²) in [5, 5.41) is 8.79. The number of hydrogen-bond acceptors (Lipinski definition) is 4. The van der Waals surface area contributed by atoms with E-state index in [-0.39, 0.29) is 5.97 Å². The van der Waals surface area contributed by atoms with Crippen molar-refractivity contribution in [1.29, 1.82) is 5.26 Å². The van der Waals surface area contributed by atoms with Crippen LogP contribution in [-0.2, 0) is 14.3 Å². The first-order chi connectivity index (χ1) is 13.5.